The van der Waals surface area contributed by atoms with Gasteiger partial charge in [0.25, 0.3) is 0 Å². The molecule has 0 radical (unpaired) electrons. The Morgan fingerprint density at radius 3 is 2.24 bits per heavy atom. The Bertz CT molecular complexity index is 1450. The first-order chi connectivity index (χ1) is 16.1. The minimum Gasteiger partial charge on any atom is -0.454 e. The highest BCUT2D eigenvalue weighted by molar-refractivity contribution is 6.11. The van der Waals surface area contributed by atoms with Gasteiger partial charge in [0.05, 0.1) is 11.1 Å². The molecule has 2 aromatic heterocycles. The third-order valence-corrected chi connectivity index (χ3v) is 9.05. The van der Waals surface area contributed by atoms with Crippen LogP contribution >= 0.6 is 0 Å². The van der Waals surface area contributed by atoms with Crippen molar-refractivity contribution >= 4 is 21.9 Å². The average Bonchev–Trinajstić information content (AvgIpc) is 3.17. The van der Waals surface area contributed by atoms with Gasteiger partial charge in [0.15, 0.2) is 11.8 Å². The predicted octanol–water partition coefficient (Wildman–Crippen LogP) is 6.73. The molecule has 0 spiro atoms. The van der Waals surface area contributed by atoms with Gasteiger partial charge < -0.3 is 4.42 Å². The molecule has 3 heteroatoms. The molecule has 0 saturated heterocycles. The fraction of sp³-hybridized carbons (Fsp3) is 0.400. The number of nitriles is 1. The van der Waals surface area contributed by atoms with E-state index in [9.17, 15) is 5.26 Å². The van der Waals surface area contributed by atoms with E-state index < -0.39 is 0 Å². The Morgan fingerprint density at radius 2 is 1.58 bits per heavy atom. The number of aryl methyl sites for hydroxylation is 2. The number of rotatable bonds is 2. The van der Waals surface area contributed by atoms with Gasteiger partial charge in [-0.05, 0) is 85.8 Å². The zero-order chi connectivity index (χ0) is 22.3. The van der Waals surface area contributed by atoms with Crippen LogP contribution in [0.1, 0.15) is 55.2 Å². The molecule has 4 bridgehead atoms. The number of hydrogen-bond donors (Lipinski definition) is 0. The molecule has 2 heterocycles. The molecular weight excluding hydrogens is 404 g/mol. The minimum absolute atomic E-state index is 0.178. The second kappa shape index (κ2) is 6.70. The van der Waals surface area contributed by atoms with E-state index >= 15 is 0 Å². The van der Waals surface area contributed by atoms with Gasteiger partial charge in [-0.1, -0.05) is 24.3 Å². The van der Waals surface area contributed by atoms with E-state index in [2.05, 4.69) is 67.2 Å². The molecule has 2 aromatic carbocycles. The fourth-order valence-electron chi connectivity index (χ4n) is 8.10. The lowest BCUT2D eigenvalue weighted by atomic mass is 9.47. The number of furan rings is 1. The zero-order valence-corrected chi connectivity index (χ0v) is 19.4. The minimum atomic E-state index is 0.178. The Hall–Kier alpha value is -3.12. The summed E-state index contributed by atoms with van der Waals surface area (Å²) in [4.78, 5) is 0. The smallest absolute Gasteiger partial charge is 0.216 e. The topological polar surface area (TPSA) is 40.8 Å². The molecule has 0 N–H and O–H groups in total. The van der Waals surface area contributed by atoms with Crippen LogP contribution < -0.4 is 4.57 Å². The molecule has 4 saturated carbocycles. The van der Waals surface area contributed by atoms with Crippen molar-refractivity contribution in [3.05, 3.63) is 65.4 Å². The molecule has 0 amide bonds. The van der Waals surface area contributed by atoms with E-state index in [0.29, 0.717) is 0 Å². The molecule has 0 unspecified atom stereocenters. The summed E-state index contributed by atoms with van der Waals surface area (Å²) in [7, 11) is 2.07. The molecular formula is C30H29N2O+. The molecule has 4 aliphatic rings. The van der Waals surface area contributed by atoms with E-state index in [1.807, 2.05) is 6.07 Å². The summed E-state index contributed by atoms with van der Waals surface area (Å²) in [5, 5.41) is 12.6. The van der Waals surface area contributed by atoms with Crippen molar-refractivity contribution in [1.29, 1.82) is 5.26 Å². The fourth-order valence-corrected chi connectivity index (χ4v) is 8.10. The number of hydrogen-bond acceptors (Lipinski definition) is 2. The summed E-state index contributed by atoms with van der Waals surface area (Å²) in [5.74, 6) is 2.55. The predicted molar refractivity (Wildman–Crippen MR) is 130 cm³/mol. The van der Waals surface area contributed by atoms with Crippen LogP contribution in [-0.4, -0.2) is 0 Å². The van der Waals surface area contributed by atoms with Gasteiger partial charge in [0.1, 0.15) is 18.7 Å². The van der Waals surface area contributed by atoms with Gasteiger partial charge in [0.2, 0.25) is 5.69 Å². The van der Waals surface area contributed by atoms with Crippen LogP contribution in [0.5, 0.6) is 0 Å². The van der Waals surface area contributed by atoms with Gasteiger partial charge in [-0.15, -0.1) is 0 Å². The van der Waals surface area contributed by atoms with E-state index in [0.717, 1.165) is 56.5 Å². The maximum atomic E-state index is 10.4. The molecule has 8 rings (SSSR count). The van der Waals surface area contributed by atoms with E-state index in [-0.39, 0.29) is 5.41 Å². The van der Waals surface area contributed by atoms with Gasteiger partial charge in [-0.3, -0.25) is 0 Å². The molecule has 4 aromatic rings. The van der Waals surface area contributed by atoms with Gasteiger partial charge in [0, 0.05) is 22.9 Å². The summed E-state index contributed by atoms with van der Waals surface area (Å²) in [5.41, 5.74) is 7.33. The van der Waals surface area contributed by atoms with Crippen molar-refractivity contribution < 1.29 is 8.98 Å². The molecule has 0 atom stereocenters. The van der Waals surface area contributed by atoms with Gasteiger partial charge in [-0.25, -0.2) is 4.57 Å². The van der Waals surface area contributed by atoms with Crippen LogP contribution in [0.4, 0.5) is 0 Å². The summed E-state index contributed by atoms with van der Waals surface area (Å²) in [6.07, 6.45) is 10.1. The maximum absolute atomic E-state index is 10.4. The first-order valence-corrected chi connectivity index (χ1v) is 12.4. The van der Waals surface area contributed by atoms with E-state index in [1.54, 1.807) is 0 Å². The zero-order valence-electron chi connectivity index (χ0n) is 19.4. The lowest BCUT2D eigenvalue weighted by Gasteiger charge is -2.57. The Balaban J connectivity index is 1.49. The Morgan fingerprint density at radius 1 is 0.909 bits per heavy atom. The molecule has 3 nitrogen and oxygen atoms in total. The summed E-state index contributed by atoms with van der Waals surface area (Å²) < 4.78 is 8.80. The first kappa shape index (κ1) is 19.4. The summed E-state index contributed by atoms with van der Waals surface area (Å²) in [6, 6.07) is 17.7. The van der Waals surface area contributed by atoms with Gasteiger partial charge in [-0.2, -0.15) is 5.26 Å². The molecule has 0 aliphatic heterocycles. The summed E-state index contributed by atoms with van der Waals surface area (Å²) >= 11 is 0. The van der Waals surface area contributed by atoms with Crippen molar-refractivity contribution in [2.75, 3.05) is 0 Å². The summed E-state index contributed by atoms with van der Waals surface area (Å²) in [6.45, 7) is 2.14. The molecule has 4 fully saturated rings. The maximum Gasteiger partial charge on any atom is 0.216 e. The standard InChI is InChI=1S/C30H29N2O/c1-18-6-7-23-22-8-9-25(30-14-19-11-20(15-30)13-21(12-19)16-30)24(17-31)28(22)33-29(23)27(18)26-5-3-4-10-32(26)2/h3-10,19-21H,11-16H2,1-2H3/q+1. The SMILES string of the molecule is Cc1ccc2c(oc3c(C#N)c(C45CC6CC(CC(C6)C4)C5)ccc32)c1-c1cccc[n+]1C. The normalized spacial score (nSPS) is 28.0. The van der Waals surface area contributed by atoms with Crippen LogP contribution in [0.25, 0.3) is 33.2 Å². The quantitative estimate of drug-likeness (QED) is 0.329. The Kier molecular flexibility index (Phi) is 3.93. The number of nitrogens with zero attached hydrogens (tertiary/aromatic N) is 2. The van der Waals surface area contributed by atoms with Crippen molar-refractivity contribution in [1.82, 2.24) is 0 Å². The highest BCUT2D eigenvalue weighted by atomic mass is 16.3. The highest BCUT2D eigenvalue weighted by Gasteiger charge is 2.52. The lowest BCUT2D eigenvalue weighted by Crippen LogP contribution is -2.48. The third-order valence-electron chi connectivity index (χ3n) is 9.05. The van der Waals surface area contributed by atoms with Crippen LogP contribution in [-0.2, 0) is 12.5 Å². The van der Waals surface area contributed by atoms with Crippen LogP contribution in [0.3, 0.4) is 0 Å². The number of pyridine rings is 1. The monoisotopic (exact) mass is 433 g/mol. The molecule has 4 aliphatic carbocycles. The number of aromatic nitrogens is 1. The highest BCUT2D eigenvalue weighted by Crippen LogP contribution is 2.61. The van der Waals surface area contributed by atoms with Crippen molar-refractivity contribution in [3.8, 4) is 17.3 Å². The van der Waals surface area contributed by atoms with E-state index in [1.165, 1.54) is 49.7 Å². The number of benzene rings is 2. The second-order valence-corrected chi connectivity index (χ2v) is 11.1. The third kappa shape index (κ3) is 2.64. The largest absolute Gasteiger partial charge is 0.454 e. The van der Waals surface area contributed by atoms with Crippen molar-refractivity contribution in [2.45, 2.75) is 50.9 Å². The van der Waals surface area contributed by atoms with Crippen molar-refractivity contribution in [3.63, 3.8) is 0 Å². The van der Waals surface area contributed by atoms with Crippen LogP contribution in [0.2, 0.25) is 0 Å². The number of fused-ring (bicyclic) bond motifs is 3. The van der Waals surface area contributed by atoms with Gasteiger partial charge >= 0.3 is 0 Å². The van der Waals surface area contributed by atoms with E-state index in [4.69, 9.17) is 4.42 Å². The average molecular weight is 434 g/mol. The second-order valence-electron chi connectivity index (χ2n) is 11.1. The first-order valence-electron chi connectivity index (χ1n) is 12.4. The molecule has 164 valence electrons. The lowest BCUT2D eigenvalue weighted by molar-refractivity contribution is -0.660. The van der Waals surface area contributed by atoms with Crippen LogP contribution in [0.15, 0.2) is 53.1 Å². The molecule has 33 heavy (non-hydrogen) atoms. The Labute approximate surface area is 194 Å². The van der Waals surface area contributed by atoms with Crippen molar-refractivity contribution in [2.24, 2.45) is 24.8 Å². The van der Waals surface area contributed by atoms with Crippen LogP contribution in [0, 0.1) is 36.0 Å².